The number of rotatable bonds is 5. The highest BCUT2D eigenvalue weighted by Gasteiger charge is 1.76. The summed E-state index contributed by atoms with van der Waals surface area (Å²) in [5, 5.41) is 3.87. The van der Waals surface area contributed by atoms with Gasteiger partial charge >= 0.3 is 0 Å². The van der Waals surface area contributed by atoms with E-state index in [9.17, 15) is 8.76 Å². The van der Waals surface area contributed by atoms with Crippen LogP contribution in [-0.2, 0) is 11.1 Å². The van der Waals surface area contributed by atoms with Gasteiger partial charge in [-0.3, -0.25) is 4.21 Å². The van der Waals surface area contributed by atoms with Crippen molar-refractivity contribution in [3.8, 4) is 0 Å². The van der Waals surface area contributed by atoms with Crippen LogP contribution in [0.1, 0.15) is 19.8 Å². The van der Waals surface area contributed by atoms with Crippen molar-refractivity contribution in [2.45, 2.75) is 19.8 Å². The van der Waals surface area contributed by atoms with Crippen molar-refractivity contribution in [1.82, 2.24) is 5.32 Å². The summed E-state index contributed by atoms with van der Waals surface area (Å²) in [4.78, 5) is 0. The van der Waals surface area contributed by atoms with Crippen LogP contribution >= 0.6 is 0 Å². The van der Waals surface area contributed by atoms with Crippen LogP contribution in [0.2, 0.25) is 0 Å². The average molecular weight is 174 g/mol. The van der Waals surface area contributed by atoms with E-state index in [0.29, 0.717) is 0 Å². The Labute approximate surface area is 69.5 Å². The first-order valence-electron chi connectivity index (χ1n) is 3.50. The lowest BCUT2D eigenvalue weighted by molar-refractivity contribution is 0.546. The SMILES string of the molecule is CCCCNC=C=CS(=O)[O-]. The van der Waals surface area contributed by atoms with Gasteiger partial charge in [0.05, 0.1) is 0 Å². The van der Waals surface area contributed by atoms with Gasteiger partial charge in [0.1, 0.15) is 0 Å². The molecule has 0 saturated carbocycles. The summed E-state index contributed by atoms with van der Waals surface area (Å²) in [5.74, 6) is 0. The Morgan fingerprint density at radius 3 is 3.00 bits per heavy atom. The lowest BCUT2D eigenvalue weighted by atomic mass is 10.3. The standard InChI is InChI=1S/C7H13NO2S/c1-2-3-5-8-6-4-7-11(9)10/h6-8H,2-3,5H2,1H3,(H,9,10)/p-1. The highest BCUT2D eigenvalue weighted by Crippen LogP contribution is 1.81. The normalized spacial score (nSPS) is 11.5. The van der Waals surface area contributed by atoms with Gasteiger partial charge in [-0.2, -0.15) is 0 Å². The summed E-state index contributed by atoms with van der Waals surface area (Å²) in [7, 11) is 0. The largest absolute Gasteiger partial charge is 0.768 e. The van der Waals surface area contributed by atoms with Gasteiger partial charge in [-0.1, -0.05) is 19.1 Å². The Bertz CT molecular complexity index is 173. The number of hydrogen-bond donors (Lipinski definition) is 1. The maximum atomic E-state index is 9.92. The van der Waals surface area contributed by atoms with Gasteiger partial charge in [0.15, 0.2) is 0 Å². The zero-order valence-corrected chi connectivity index (χ0v) is 7.32. The molecule has 0 aromatic heterocycles. The smallest absolute Gasteiger partial charge is 0.0403 e. The first-order valence-corrected chi connectivity index (χ1v) is 4.63. The van der Waals surface area contributed by atoms with Crippen molar-refractivity contribution in [2.75, 3.05) is 6.54 Å². The Kier molecular flexibility index (Phi) is 7.15. The van der Waals surface area contributed by atoms with E-state index in [0.717, 1.165) is 24.8 Å². The van der Waals surface area contributed by atoms with Gasteiger partial charge in [0.2, 0.25) is 0 Å². The molecule has 0 aromatic carbocycles. The van der Waals surface area contributed by atoms with Crippen LogP contribution in [0.4, 0.5) is 0 Å². The molecule has 0 bridgehead atoms. The zero-order valence-electron chi connectivity index (χ0n) is 6.50. The maximum absolute atomic E-state index is 9.92. The minimum Gasteiger partial charge on any atom is -0.768 e. The molecular formula is C7H12NO2S-. The van der Waals surface area contributed by atoms with Gasteiger partial charge in [0.25, 0.3) is 0 Å². The maximum Gasteiger partial charge on any atom is 0.0403 e. The molecule has 0 amide bonds. The predicted molar refractivity (Wildman–Crippen MR) is 44.5 cm³/mol. The second kappa shape index (κ2) is 7.54. The third kappa shape index (κ3) is 9.43. The zero-order chi connectivity index (χ0) is 8.53. The molecule has 0 radical (unpaired) electrons. The van der Waals surface area contributed by atoms with Gasteiger partial charge in [-0.05, 0) is 17.5 Å². The topological polar surface area (TPSA) is 52.2 Å². The fourth-order valence-corrected chi connectivity index (χ4v) is 0.679. The van der Waals surface area contributed by atoms with Crippen LogP contribution in [-0.4, -0.2) is 15.3 Å². The molecule has 0 spiro atoms. The average Bonchev–Trinajstić information content (AvgIpc) is 1.96. The van der Waals surface area contributed by atoms with E-state index >= 15 is 0 Å². The number of nitrogens with one attached hydrogen (secondary N) is 1. The van der Waals surface area contributed by atoms with Gasteiger partial charge in [0, 0.05) is 18.2 Å². The molecule has 0 rings (SSSR count). The molecule has 0 saturated heterocycles. The molecule has 4 heteroatoms. The molecule has 0 heterocycles. The summed E-state index contributed by atoms with van der Waals surface area (Å²) in [6.45, 7) is 2.96. The third-order valence-corrected chi connectivity index (χ3v) is 1.35. The summed E-state index contributed by atoms with van der Waals surface area (Å²) in [6.07, 6.45) is 3.71. The molecule has 11 heavy (non-hydrogen) atoms. The van der Waals surface area contributed by atoms with Crippen LogP contribution < -0.4 is 5.32 Å². The minimum atomic E-state index is -2.13. The Hall–Kier alpha value is -0.570. The molecular weight excluding hydrogens is 162 g/mol. The molecule has 1 unspecified atom stereocenters. The molecule has 3 nitrogen and oxygen atoms in total. The fourth-order valence-electron chi connectivity index (χ4n) is 0.500. The molecule has 0 aliphatic carbocycles. The third-order valence-electron chi connectivity index (χ3n) is 1.02. The molecule has 64 valence electrons. The molecule has 0 aromatic rings. The Morgan fingerprint density at radius 1 is 1.73 bits per heavy atom. The fraction of sp³-hybridized carbons (Fsp3) is 0.571. The second-order valence-electron chi connectivity index (χ2n) is 2.00. The summed E-state index contributed by atoms with van der Waals surface area (Å²) >= 11 is -2.13. The molecule has 1 atom stereocenters. The first-order chi connectivity index (χ1) is 5.27. The number of unbranched alkanes of at least 4 members (excludes halogenated alkanes) is 1. The van der Waals surface area contributed by atoms with Gasteiger partial charge in [-0.25, -0.2) is 0 Å². The van der Waals surface area contributed by atoms with Crippen molar-refractivity contribution >= 4 is 11.1 Å². The summed E-state index contributed by atoms with van der Waals surface area (Å²) in [5.41, 5.74) is 2.47. The van der Waals surface area contributed by atoms with E-state index in [-0.39, 0.29) is 0 Å². The predicted octanol–water partition coefficient (Wildman–Crippen LogP) is 0.881. The second-order valence-corrected chi connectivity index (χ2v) is 2.75. The highest BCUT2D eigenvalue weighted by atomic mass is 32.2. The van der Waals surface area contributed by atoms with E-state index in [1.807, 2.05) is 0 Å². The van der Waals surface area contributed by atoms with Crippen LogP contribution in [0.15, 0.2) is 17.3 Å². The lowest BCUT2D eigenvalue weighted by Gasteiger charge is -1.94. The Morgan fingerprint density at radius 2 is 2.45 bits per heavy atom. The van der Waals surface area contributed by atoms with Crippen molar-refractivity contribution in [3.63, 3.8) is 0 Å². The van der Waals surface area contributed by atoms with Crippen LogP contribution in [0, 0.1) is 0 Å². The molecule has 0 aliphatic rings. The first kappa shape index (κ1) is 10.4. The van der Waals surface area contributed by atoms with E-state index in [4.69, 9.17) is 0 Å². The quantitative estimate of drug-likeness (QED) is 0.382. The van der Waals surface area contributed by atoms with Crippen LogP contribution in [0.5, 0.6) is 0 Å². The molecule has 0 fully saturated rings. The van der Waals surface area contributed by atoms with Gasteiger partial charge < -0.3 is 9.87 Å². The van der Waals surface area contributed by atoms with Crippen LogP contribution in [0.3, 0.4) is 0 Å². The lowest BCUT2D eigenvalue weighted by Crippen LogP contribution is -2.05. The van der Waals surface area contributed by atoms with Crippen molar-refractivity contribution < 1.29 is 8.76 Å². The summed E-state index contributed by atoms with van der Waals surface area (Å²) < 4.78 is 19.8. The van der Waals surface area contributed by atoms with E-state index in [1.165, 1.54) is 6.20 Å². The van der Waals surface area contributed by atoms with Crippen LogP contribution in [0.25, 0.3) is 0 Å². The highest BCUT2D eigenvalue weighted by molar-refractivity contribution is 7.82. The van der Waals surface area contributed by atoms with Crippen molar-refractivity contribution in [1.29, 1.82) is 0 Å². The van der Waals surface area contributed by atoms with E-state index < -0.39 is 11.1 Å². The van der Waals surface area contributed by atoms with Gasteiger partial charge in [-0.15, -0.1) is 0 Å². The minimum absolute atomic E-state index is 0.864. The van der Waals surface area contributed by atoms with Crippen molar-refractivity contribution in [3.05, 3.63) is 17.3 Å². The Balaban J connectivity index is 3.36. The molecule has 0 aliphatic heterocycles. The monoisotopic (exact) mass is 174 g/mol. The summed E-state index contributed by atoms with van der Waals surface area (Å²) in [6, 6.07) is 0. The molecule has 1 N–H and O–H groups in total. The number of hydrogen-bond acceptors (Lipinski definition) is 3. The van der Waals surface area contributed by atoms with Crippen molar-refractivity contribution in [2.24, 2.45) is 0 Å². The van der Waals surface area contributed by atoms with E-state index in [1.54, 1.807) is 0 Å². The van der Waals surface area contributed by atoms with E-state index in [2.05, 4.69) is 18.0 Å².